The monoisotopic (exact) mass is 330 g/mol. The summed E-state index contributed by atoms with van der Waals surface area (Å²) in [5.41, 5.74) is 1.48. The first-order valence-corrected chi connectivity index (χ1v) is 8.24. The van der Waals surface area contributed by atoms with Crippen molar-refractivity contribution in [2.75, 3.05) is 11.9 Å². The molecule has 0 spiro atoms. The first-order valence-electron chi connectivity index (χ1n) is 8.24. The van der Waals surface area contributed by atoms with Crippen LogP contribution in [0, 0.1) is 12.8 Å². The van der Waals surface area contributed by atoms with Gasteiger partial charge in [-0.05, 0) is 37.1 Å². The lowest BCUT2D eigenvalue weighted by Crippen LogP contribution is -2.45. The quantitative estimate of drug-likeness (QED) is 0.800. The highest BCUT2D eigenvalue weighted by atomic mass is 16.4. The van der Waals surface area contributed by atoms with Gasteiger partial charge < -0.3 is 20.2 Å². The third-order valence-electron chi connectivity index (χ3n) is 4.38. The van der Waals surface area contributed by atoms with Crippen LogP contribution in [0.25, 0.3) is 11.5 Å². The maximum atomic E-state index is 12.2. The molecule has 1 aliphatic rings. The number of amides is 2. The van der Waals surface area contributed by atoms with Crippen LogP contribution in [-0.2, 0) is 0 Å². The van der Waals surface area contributed by atoms with Gasteiger partial charge in [0.15, 0.2) is 0 Å². The Hall–Kier alpha value is -2.41. The van der Waals surface area contributed by atoms with E-state index in [2.05, 4.69) is 20.8 Å². The van der Waals surface area contributed by atoms with Gasteiger partial charge in [0.1, 0.15) is 0 Å². The molecule has 1 aromatic heterocycles. The molecule has 1 aliphatic carbocycles. The molecule has 24 heavy (non-hydrogen) atoms. The van der Waals surface area contributed by atoms with Gasteiger partial charge in [0, 0.05) is 36.7 Å². The van der Waals surface area contributed by atoms with Crippen molar-refractivity contribution in [3.05, 3.63) is 30.2 Å². The van der Waals surface area contributed by atoms with E-state index in [1.54, 1.807) is 19.1 Å². The number of aliphatic hydroxyl groups excluding tert-OH is 1. The largest absolute Gasteiger partial charge is 0.421 e. The average Bonchev–Trinajstić information content (AvgIpc) is 3.02. The number of aliphatic hydroxyl groups is 1. The summed E-state index contributed by atoms with van der Waals surface area (Å²) in [6.07, 6.45) is 4.06. The minimum absolute atomic E-state index is 0.0318. The van der Waals surface area contributed by atoms with E-state index in [1.807, 2.05) is 12.1 Å². The van der Waals surface area contributed by atoms with Crippen LogP contribution in [0.5, 0.6) is 0 Å². The second-order valence-corrected chi connectivity index (χ2v) is 6.14. The van der Waals surface area contributed by atoms with E-state index in [0.29, 0.717) is 17.5 Å². The van der Waals surface area contributed by atoms with Crippen LogP contribution in [0.2, 0.25) is 0 Å². The molecule has 0 saturated heterocycles. The molecule has 0 bridgehead atoms. The Morgan fingerprint density at radius 3 is 2.67 bits per heavy atom. The maximum Gasteiger partial charge on any atom is 0.319 e. The highest BCUT2D eigenvalue weighted by molar-refractivity contribution is 5.89. The number of nitrogens with one attached hydrogen (secondary N) is 2. The number of hydrogen-bond donors (Lipinski definition) is 3. The van der Waals surface area contributed by atoms with Gasteiger partial charge in [-0.25, -0.2) is 4.79 Å². The van der Waals surface area contributed by atoms with E-state index in [0.717, 1.165) is 31.2 Å². The number of nitrogens with zero attached hydrogens (tertiary/aromatic N) is 2. The Labute approximate surface area is 140 Å². The van der Waals surface area contributed by atoms with E-state index in [4.69, 9.17) is 4.42 Å². The molecular weight excluding hydrogens is 308 g/mol. The second kappa shape index (κ2) is 7.44. The molecule has 2 atom stereocenters. The summed E-state index contributed by atoms with van der Waals surface area (Å²) in [5.74, 6) is 1.11. The standard InChI is InChI=1S/C17H22N4O3/c1-11-20-21-16(24-11)12-6-8-14(9-7-12)18-17(23)19-15-5-3-2-4-13(15)10-22/h6-9,13,15,22H,2-5,10H2,1H3,(H2,18,19,23)/t13-,15-/m0/s1. The topological polar surface area (TPSA) is 100 Å². The molecule has 3 rings (SSSR count). The van der Waals surface area contributed by atoms with Crippen molar-refractivity contribution in [2.45, 2.75) is 38.6 Å². The number of benzene rings is 1. The molecule has 0 radical (unpaired) electrons. The molecule has 7 heteroatoms. The summed E-state index contributed by atoms with van der Waals surface area (Å²) in [5, 5.41) is 23.0. The van der Waals surface area contributed by atoms with Gasteiger partial charge in [0.05, 0.1) is 0 Å². The first kappa shape index (κ1) is 16.4. The van der Waals surface area contributed by atoms with Crippen LogP contribution in [-0.4, -0.2) is 34.0 Å². The lowest BCUT2D eigenvalue weighted by atomic mass is 9.85. The fraction of sp³-hybridized carbons (Fsp3) is 0.471. The molecule has 2 amide bonds. The first-order chi connectivity index (χ1) is 11.7. The van der Waals surface area contributed by atoms with E-state index < -0.39 is 0 Å². The van der Waals surface area contributed by atoms with Crippen LogP contribution in [0.1, 0.15) is 31.6 Å². The van der Waals surface area contributed by atoms with Gasteiger partial charge in [-0.2, -0.15) is 0 Å². The summed E-state index contributed by atoms with van der Waals surface area (Å²) in [7, 11) is 0. The third-order valence-corrected chi connectivity index (χ3v) is 4.38. The van der Waals surface area contributed by atoms with Gasteiger partial charge in [0.25, 0.3) is 0 Å². The van der Waals surface area contributed by atoms with Crippen LogP contribution < -0.4 is 10.6 Å². The summed E-state index contributed by atoms with van der Waals surface area (Å²) in [6, 6.07) is 7.00. The van der Waals surface area contributed by atoms with Crippen LogP contribution in [0.4, 0.5) is 10.5 Å². The zero-order chi connectivity index (χ0) is 16.9. The summed E-state index contributed by atoms with van der Waals surface area (Å²) < 4.78 is 5.37. The Kier molecular flexibility index (Phi) is 5.10. The van der Waals surface area contributed by atoms with Crippen molar-refractivity contribution in [2.24, 2.45) is 5.92 Å². The van der Waals surface area contributed by atoms with Gasteiger partial charge in [-0.15, -0.1) is 10.2 Å². The minimum atomic E-state index is -0.248. The molecule has 1 aromatic carbocycles. The van der Waals surface area contributed by atoms with Gasteiger partial charge in [-0.3, -0.25) is 0 Å². The van der Waals surface area contributed by atoms with Crippen molar-refractivity contribution < 1.29 is 14.3 Å². The Balaban J connectivity index is 1.58. The summed E-state index contributed by atoms with van der Waals surface area (Å²) in [4.78, 5) is 12.2. The average molecular weight is 330 g/mol. The summed E-state index contributed by atoms with van der Waals surface area (Å²) >= 11 is 0. The van der Waals surface area contributed by atoms with E-state index in [1.165, 1.54) is 0 Å². The normalized spacial score (nSPS) is 20.6. The van der Waals surface area contributed by atoms with Gasteiger partial charge >= 0.3 is 6.03 Å². The minimum Gasteiger partial charge on any atom is -0.421 e. The fourth-order valence-electron chi connectivity index (χ4n) is 3.06. The molecule has 128 valence electrons. The number of hydrogen-bond acceptors (Lipinski definition) is 5. The van der Waals surface area contributed by atoms with Crippen LogP contribution >= 0.6 is 0 Å². The summed E-state index contributed by atoms with van der Waals surface area (Å²) in [6.45, 7) is 1.85. The van der Waals surface area contributed by atoms with E-state index in [-0.39, 0.29) is 24.6 Å². The molecule has 1 saturated carbocycles. The maximum absolute atomic E-state index is 12.2. The van der Waals surface area contributed by atoms with Crippen molar-refractivity contribution >= 4 is 11.7 Å². The number of rotatable bonds is 4. The van der Waals surface area contributed by atoms with Gasteiger partial charge in [0.2, 0.25) is 11.8 Å². The Morgan fingerprint density at radius 1 is 1.25 bits per heavy atom. The molecule has 2 aromatic rings. The highest BCUT2D eigenvalue weighted by Crippen LogP contribution is 2.24. The van der Waals surface area contributed by atoms with Crippen molar-refractivity contribution in [3.8, 4) is 11.5 Å². The molecule has 1 heterocycles. The number of carbonyl (C=O) groups excluding carboxylic acids is 1. The molecule has 0 aliphatic heterocycles. The zero-order valence-corrected chi connectivity index (χ0v) is 13.7. The van der Waals surface area contributed by atoms with Gasteiger partial charge in [-0.1, -0.05) is 12.8 Å². The molecular formula is C17H22N4O3. The third kappa shape index (κ3) is 3.91. The van der Waals surface area contributed by atoms with Crippen LogP contribution in [0.3, 0.4) is 0 Å². The van der Waals surface area contributed by atoms with E-state index in [9.17, 15) is 9.90 Å². The Morgan fingerprint density at radius 2 is 2.00 bits per heavy atom. The number of carbonyl (C=O) groups is 1. The lowest BCUT2D eigenvalue weighted by Gasteiger charge is -2.30. The molecule has 0 unspecified atom stereocenters. The fourth-order valence-corrected chi connectivity index (χ4v) is 3.06. The number of urea groups is 1. The van der Waals surface area contributed by atoms with Crippen molar-refractivity contribution in [1.82, 2.24) is 15.5 Å². The SMILES string of the molecule is Cc1nnc(-c2ccc(NC(=O)N[C@H]3CCCC[C@H]3CO)cc2)o1. The molecule has 7 nitrogen and oxygen atoms in total. The lowest BCUT2D eigenvalue weighted by molar-refractivity contribution is 0.156. The highest BCUT2D eigenvalue weighted by Gasteiger charge is 2.25. The number of anilines is 1. The predicted octanol–water partition coefficient (Wildman–Crippen LogP) is 2.72. The van der Waals surface area contributed by atoms with Crippen molar-refractivity contribution in [3.63, 3.8) is 0 Å². The predicted molar refractivity (Wildman–Crippen MR) is 89.5 cm³/mol. The van der Waals surface area contributed by atoms with Crippen LogP contribution in [0.15, 0.2) is 28.7 Å². The number of aryl methyl sites for hydroxylation is 1. The molecule has 1 fully saturated rings. The zero-order valence-electron chi connectivity index (χ0n) is 13.7. The van der Waals surface area contributed by atoms with Crippen molar-refractivity contribution in [1.29, 1.82) is 0 Å². The van der Waals surface area contributed by atoms with E-state index >= 15 is 0 Å². The smallest absolute Gasteiger partial charge is 0.319 e. The number of aromatic nitrogens is 2. The Bertz CT molecular complexity index is 683. The second-order valence-electron chi connectivity index (χ2n) is 6.14. The molecule has 3 N–H and O–H groups in total.